The van der Waals surface area contributed by atoms with Gasteiger partial charge in [0, 0.05) is 32.4 Å². The normalized spacial score (nSPS) is 15.6. The van der Waals surface area contributed by atoms with E-state index in [0.717, 1.165) is 5.56 Å². The number of H-pyrrole nitrogens is 1. The maximum absolute atomic E-state index is 12.4. The van der Waals surface area contributed by atoms with Gasteiger partial charge in [0.1, 0.15) is 18.1 Å². The Kier molecular flexibility index (Phi) is 5.58. The third kappa shape index (κ3) is 4.05. The topological polar surface area (TPSA) is 85.9 Å². The molecule has 2 heterocycles. The van der Waals surface area contributed by atoms with Crippen LogP contribution in [0.3, 0.4) is 0 Å². The van der Waals surface area contributed by atoms with Crippen molar-refractivity contribution < 1.29 is 19.4 Å². The highest BCUT2D eigenvalue weighted by atomic mass is 16.5. The van der Waals surface area contributed by atoms with Gasteiger partial charge in [-0.1, -0.05) is 18.2 Å². The van der Waals surface area contributed by atoms with E-state index in [0.29, 0.717) is 37.6 Å². The lowest BCUT2D eigenvalue weighted by Crippen LogP contribution is -2.53. The van der Waals surface area contributed by atoms with Crippen molar-refractivity contribution in [3.05, 3.63) is 53.9 Å². The van der Waals surface area contributed by atoms with E-state index in [1.54, 1.807) is 34.2 Å². The Hall–Kier alpha value is -2.80. The predicted molar refractivity (Wildman–Crippen MR) is 96.0 cm³/mol. The van der Waals surface area contributed by atoms with Gasteiger partial charge >= 0.3 is 0 Å². The molecule has 0 aliphatic carbocycles. The van der Waals surface area contributed by atoms with Gasteiger partial charge in [-0.15, -0.1) is 0 Å². The van der Waals surface area contributed by atoms with E-state index in [1.807, 2.05) is 25.1 Å². The van der Waals surface area contributed by atoms with Crippen molar-refractivity contribution in [2.24, 2.45) is 0 Å². The summed E-state index contributed by atoms with van der Waals surface area (Å²) < 4.78 is 5.55. The van der Waals surface area contributed by atoms with Gasteiger partial charge in [0.2, 0.25) is 0 Å². The minimum atomic E-state index is -1.22. The molecule has 3 rings (SSSR count). The van der Waals surface area contributed by atoms with Crippen LogP contribution in [0.1, 0.15) is 16.1 Å². The summed E-state index contributed by atoms with van der Waals surface area (Å²) in [5.74, 6) is 0.205. The van der Waals surface area contributed by atoms with Gasteiger partial charge in [0.15, 0.2) is 6.10 Å². The number of ether oxygens (including phenoxy) is 1. The van der Waals surface area contributed by atoms with Crippen molar-refractivity contribution in [3.63, 3.8) is 0 Å². The fraction of sp³-hybridized carbons (Fsp3) is 0.368. The van der Waals surface area contributed by atoms with Crippen LogP contribution < -0.4 is 4.74 Å². The summed E-state index contributed by atoms with van der Waals surface area (Å²) in [5, 5.41) is 10.1. The molecule has 1 aromatic carbocycles. The van der Waals surface area contributed by atoms with Crippen LogP contribution >= 0.6 is 0 Å². The van der Waals surface area contributed by atoms with Crippen LogP contribution in [-0.4, -0.2) is 70.6 Å². The first-order valence-corrected chi connectivity index (χ1v) is 8.64. The van der Waals surface area contributed by atoms with Gasteiger partial charge in [0.05, 0.1) is 0 Å². The number of benzene rings is 1. The number of amides is 2. The molecule has 1 fully saturated rings. The Morgan fingerprint density at radius 3 is 2.46 bits per heavy atom. The molecule has 0 saturated carbocycles. The summed E-state index contributed by atoms with van der Waals surface area (Å²) in [6, 6.07) is 11.0. The Balaban J connectivity index is 1.48. The molecule has 1 aliphatic rings. The predicted octanol–water partition coefficient (Wildman–Crippen LogP) is 1.05. The molecule has 2 aromatic rings. The molecule has 7 nitrogen and oxygen atoms in total. The third-order valence-corrected chi connectivity index (χ3v) is 4.48. The number of rotatable bonds is 5. The largest absolute Gasteiger partial charge is 0.490 e. The van der Waals surface area contributed by atoms with Crippen molar-refractivity contribution in [2.75, 3.05) is 32.8 Å². The summed E-state index contributed by atoms with van der Waals surface area (Å²) in [7, 11) is 0. The number of piperazine rings is 1. The molecule has 0 unspecified atom stereocenters. The summed E-state index contributed by atoms with van der Waals surface area (Å²) in [6.45, 7) is 3.48. The van der Waals surface area contributed by atoms with Gasteiger partial charge in [-0.25, -0.2) is 0 Å². The van der Waals surface area contributed by atoms with Gasteiger partial charge in [-0.05, 0) is 30.7 Å². The van der Waals surface area contributed by atoms with Crippen molar-refractivity contribution >= 4 is 11.8 Å². The maximum atomic E-state index is 12.4. The number of aliphatic hydroxyl groups is 1. The summed E-state index contributed by atoms with van der Waals surface area (Å²) >= 11 is 0. The monoisotopic (exact) mass is 357 g/mol. The molecular weight excluding hydrogens is 334 g/mol. The molecule has 0 bridgehead atoms. The van der Waals surface area contributed by atoms with Crippen molar-refractivity contribution in [2.45, 2.75) is 13.0 Å². The number of para-hydroxylation sites is 1. The van der Waals surface area contributed by atoms with Crippen LogP contribution in [0.5, 0.6) is 5.75 Å². The number of carbonyl (C=O) groups is 2. The van der Waals surface area contributed by atoms with Crippen LogP contribution in [0.25, 0.3) is 0 Å². The lowest BCUT2D eigenvalue weighted by atomic mass is 10.2. The molecular formula is C19H23N3O4. The number of aryl methyl sites for hydroxylation is 1. The van der Waals surface area contributed by atoms with Gasteiger partial charge in [0.25, 0.3) is 11.8 Å². The maximum Gasteiger partial charge on any atom is 0.270 e. The highest BCUT2D eigenvalue weighted by molar-refractivity contribution is 5.92. The van der Waals surface area contributed by atoms with E-state index in [4.69, 9.17) is 4.74 Å². The molecule has 2 amide bonds. The van der Waals surface area contributed by atoms with Crippen LogP contribution in [0, 0.1) is 6.92 Å². The Morgan fingerprint density at radius 1 is 1.12 bits per heavy atom. The molecule has 1 aliphatic heterocycles. The van der Waals surface area contributed by atoms with Gasteiger partial charge in [-0.3, -0.25) is 9.59 Å². The second-order valence-corrected chi connectivity index (χ2v) is 6.29. The van der Waals surface area contributed by atoms with Crippen molar-refractivity contribution in [1.29, 1.82) is 0 Å². The number of nitrogens with one attached hydrogen (secondary N) is 1. The van der Waals surface area contributed by atoms with Crippen LogP contribution in [0.15, 0.2) is 42.6 Å². The number of carbonyl (C=O) groups excluding carboxylic acids is 2. The lowest BCUT2D eigenvalue weighted by molar-refractivity contribution is -0.143. The van der Waals surface area contributed by atoms with Crippen LogP contribution in [-0.2, 0) is 4.79 Å². The summed E-state index contributed by atoms with van der Waals surface area (Å²) in [5.41, 5.74) is 1.49. The molecule has 7 heteroatoms. The number of aliphatic hydroxyl groups excluding tert-OH is 1. The standard InChI is InChI=1S/C19H23N3O4/c1-14-5-2-3-7-17(14)26-13-16(23)19(25)22-11-9-21(10-12-22)18(24)15-6-4-8-20-15/h2-8,16,20,23H,9-13H2,1H3/t16-/m0/s1. The fourth-order valence-electron chi connectivity index (χ4n) is 2.93. The zero-order valence-electron chi connectivity index (χ0n) is 14.7. The minimum Gasteiger partial charge on any atom is -0.490 e. The molecule has 138 valence electrons. The van der Waals surface area contributed by atoms with Gasteiger partial charge in [-0.2, -0.15) is 0 Å². The minimum absolute atomic E-state index is 0.0782. The highest BCUT2D eigenvalue weighted by Gasteiger charge is 2.28. The lowest BCUT2D eigenvalue weighted by Gasteiger charge is -2.35. The molecule has 1 saturated heterocycles. The van der Waals surface area contributed by atoms with E-state index < -0.39 is 6.10 Å². The quantitative estimate of drug-likeness (QED) is 0.837. The molecule has 1 aromatic heterocycles. The first-order valence-electron chi connectivity index (χ1n) is 8.64. The zero-order valence-corrected chi connectivity index (χ0v) is 14.7. The number of nitrogens with zero attached hydrogens (tertiary/aromatic N) is 2. The molecule has 1 atom stereocenters. The second-order valence-electron chi connectivity index (χ2n) is 6.29. The summed E-state index contributed by atoms with van der Waals surface area (Å²) in [6.07, 6.45) is 0.484. The van der Waals surface area contributed by atoms with Crippen molar-refractivity contribution in [3.8, 4) is 5.75 Å². The van der Waals surface area contributed by atoms with E-state index >= 15 is 0 Å². The second kappa shape index (κ2) is 8.05. The Morgan fingerprint density at radius 2 is 1.81 bits per heavy atom. The molecule has 2 N–H and O–H groups in total. The fourth-order valence-corrected chi connectivity index (χ4v) is 2.93. The smallest absolute Gasteiger partial charge is 0.270 e. The average Bonchev–Trinajstić information content (AvgIpc) is 3.21. The first-order chi connectivity index (χ1) is 12.6. The molecule has 0 radical (unpaired) electrons. The number of aromatic nitrogens is 1. The summed E-state index contributed by atoms with van der Waals surface area (Å²) in [4.78, 5) is 30.8. The number of hydrogen-bond acceptors (Lipinski definition) is 4. The van der Waals surface area contributed by atoms with Gasteiger partial charge < -0.3 is 24.6 Å². The highest BCUT2D eigenvalue weighted by Crippen LogP contribution is 2.16. The molecule has 0 spiro atoms. The van der Waals surface area contributed by atoms with Crippen LogP contribution in [0.2, 0.25) is 0 Å². The SMILES string of the molecule is Cc1ccccc1OC[C@H](O)C(=O)N1CCN(C(=O)c2ccc[nH]2)CC1. The molecule has 26 heavy (non-hydrogen) atoms. The Labute approximate surface area is 152 Å². The number of aromatic amines is 1. The average molecular weight is 357 g/mol. The van der Waals surface area contributed by atoms with Crippen LogP contribution in [0.4, 0.5) is 0 Å². The van der Waals surface area contributed by atoms with E-state index in [-0.39, 0.29) is 18.4 Å². The Bertz CT molecular complexity index is 752. The third-order valence-electron chi connectivity index (χ3n) is 4.48. The zero-order chi connectivity index (χ0) is 18.5. The van der Waals surface area contributed by atoms with Crippen molar-refractivity contribution in [1.82, 2.24) is 14.8 Å². The van der Waals surface area contributed by atoms with E-state index in [9.17, 15) is 14.7 Å². The first kappa shape index (κ1) is 18.0. The van der Waals surface area contributed by atoms with E-state index in [1.165, 1.54) is 0 Å². The van der Waals surface area contributed by atoms with E-state index in [2.05, 4.69) is 4.98 Å². The number of hydrogen-bond donors (Lipinski definition) is 2.